The normalized spacial score (nSPS) is 37.3. The van der Waals surface area contributed by atoms with Crippen molar-refractivity contribution in [2.75, 3.05) is 0 Å². The molecule has 0 aliphatic heterocycles. The molecule has 1 unspecified atom stereocenters. The van der Waals surface area contributed by atoms with Gasteiger partial charge in [-0.25, -0.2) is 0 Å². The maximum absolute atomic E-state index is 6.14. The zero-order valence-electron chi connectivity index (χ0n) is 6.26. The lowest BCUT2D eigenvalue weighted by atomic mass is 9.98. The van der Waals surface area contributed by atoms with E-state index in [4.69, 9.17) is 11.6 Å². The molecular formula is C9H11Cl. The molecule has 2 rings (SSSR count). The smallest absolute Gasteiger partial charge is 0.0530 e. The molecule has 54 valence electrons. The summed E-state index contributed by atoms with van der Waals surface area (Å²) in [6.45, 7) is 4.43. The molecular weight excluding hydrogens is 144 g/mol. The fourth-order valence-corrected chi connectivity index (χ4v) is 2.40. The molecule has 1 spiro atoms. The number of halogens is 1. The molecule has 1 saturated carbocycles. The van der Waals surface area contributed by atoms with Crippen LogP contribution in [0.15, 0.2) is 24.3 Å². The molecule has 0 heterocycles. The van der Waals surface area contributed by atoms with Gasteiger partial charge in [0.25, 0.3) is 0 Å². The Morgan fingerprint density at radius 1 is 1.20 bits per heavy atom. The first kappa shape index (κ1) is 6.48. The molecule has 0 aromatic carbocycles. The van der Waals surface area contributed by atoms with Crippen LogP contribution in [0.2, 0.25) is 0 Å². The van der Waals surface area contributed by atoms with Gasteiger partial charge in [-0.15, -0.1) is 11.6 Å². The summed E-state index contributed by atoms with van der Waals surface area (Å²) in [6.07, 6.45) is 8.60. The third-order valence-corrected chi connectivity index (χ3v) is 3.85. The van der Waals surface area contributed by atoms with E-state index in [-0.39, 0.29) is 10.8 Å². The van der Waals surface area contributed by atoms with E-state index in [0.29, 0.717) is 5.38 Å². The Morgan fingerprint density at radius 2 is 1.60 bits per heavy atom. The fourth-order valence-electron chi connectivity index (χ4n) is 1.85. The molecule has 0 radical (unpaired) electrons. The Labute approximate surface area is 66.6 Å². The van der Waals surface area contributed by atoms with Crippen molar-refractivity contribution in [3.8, 4) is 0 Å². The monoisotopic (exact) mass is 154 g/mol. The van der Waals surface area contributed by atoms with Crippen LogP contribution in [0.4, 0.5) is 0 Å². The Morgan fingerprint density at radius 3 is 1.80 bits per heavy atom. The zero-order chi connectivity index (χ0) is 7.41. The van der Waals surface area contributed by atoms with Crippen LogP contribution in [0.3, 0.4) is 0 Å². The topological polar surface area (TPSA) is 0 Å². The molecule has 0 aromatic heterocycles. The van der Waals surface area contributed by atoms with Crippen molar-refractivity contribution in [2.24, 2.45) is 10.8 Å². The van der Waals surface area contributed by atoms with Crippen molar-refractivity contribution < 1.29 is 0 Å². The molecule has 0 saturated heterocycles. The number of hydrogen-bond donors (Lipinski definition) is 0. The van der Waals surface area contributed by atoms with Gasteiger partial charge in [0, 0.05) is 5.41 Å². The fraction of sp³-hybridized carbons (Fsp3) is 0.556. The number of rotatable bonds is 0. The highest BCUT2D eigenvalue weighted by molar-refractivity contribution is 6.24. The van der Waals surface area contributed by atoms with Gasteiger partial charge in [0.1, 0.15) is 0 Å². The van der Waals surface area contributed by atoms with Gasteiger partial charge in [-0.05, 0) is 5.41 Å². The van der Waals surface area contributed by atoms with Gasteiger partial charge < -0.3 is 0 Å². The average Bonchev–Trinajstić information content (AvgIpc) is 2.43. The Kier molecular flexibility index (Phi) is 0.974. The minimum Gasteiger partial charge on any atom is -0.121 e. The highest BCUT2D eigenvalue weighted by Gasteiger charge is 2.68. The molecule has 0 aromatic rings. The van der Waals surface area contributed by atoms with Crippen LogP contribution in [0, 0.1) is 10.8 Å². The van der Waals surface area contributed by atoms with E-state index in [1.807, 2.05) is 0 Å². The first-order chi connectivity index (χ1) is 4.61. The minimum atomic E-state index is 0.203. The summed E-state index contributed by atoms with van der Waals surface area (Å²) in [5, 5.41) is 0.301. The number of allylic oxidation sites excluding steroid dienone is 4. The van der Waals surface area contributed by atoms with E-state index >= 15 is 0 Å². The van der Waals surface area contributed by atoms with Crippen molar-refractivity contribution in [3.63, 3.8) is 0 Å². The molecule has 10 heavy (non-hydrogen) atoms. The molecule has 1 fully saturated rings. The van der Waals surface area contributed by atoms with Crippen LogP contribution < -0.4 is 0 Å². The summed E-state index contributed by atoms with van der Waals surface area (Å²) in [5.41, 5.74) is 0.479. The lowest BCUT2D eigenvalue weighted by Crippen LogP contribution is -1.98. The van der Waals surface area contributed by atoms with Crippen molar-refractivity contribution >= 4 is 11.6 Å². The van der Waals surface area contributed by atoms with Gasteiger partial charge in [0.15, 0.2) is 0 Å². The van der Waals surface area contributed by atoms with Crippen molar-refractivity contribution in [2.45, 2.75) is 19.2 Å². The van der Waals surface area contributed by atoms with E-state index in [1.54, 1.807) is 0 Å². The largest absolute Gasteiger partial charge is 0.121 e. The van der Waals surface area contributed by atoms with Crippen LogP contribution in [0.25, 0.3) is 0 Å². The summed E-state index contributed by atoms with van der Waals surface area (Å²) in [4.78, 5) is 0. The predicted octanol–water partition coefficient (Wildman–Crippen LogP) is 2.75. The van der Waals surface area contributed by atoms with Crippen molar-refractivity contribution in [3.05, 3.63) is 24.3 Å². The van der Waals surface area contributed by atoms with Gasteiger partial charge in [0.05, 0.1) is 5.38 Å². The lowest BCUT2D eigenvalue weighted by Gasteiger charge is -2.04. The summed E-state index contributed by atoms with van der Waals surface area (Å²) in [5.74, 6) is 0. The maximum atomic E-state index is 6.14. The Balaban J connectivity index is 2.38. The highest BCUT2D eigenvalue weighted by atomic mass is 35.5. The van der Waals surface area contributed by atoms with Crippen LogP contribution in [0.1, 0.15) is 13.8 Å². The van der Waals surface area contributed by atoms with Gasteiger partial charge in [-0.1, -0.05) is 38.2 Å². The second kappa shape index (κ2) is 1.50. The third kappa shape index (κ3) is 0.462. The van der Waals surface area contributed by atoms with E-state index < -0.39 is 0 Å². The summed E-state index contributed by atoms with van der Waals surface area (Å²) in [7, 11) is 0. The Bertz CT molecular complexity index is 211. The van der Waals surface area contributed by atoms with Gasteiger partial charge >= 0.3 is 0 Å². The molecule has 1 atom stereocenters. The second-order valence-electron chi connectivity index (χ2n) is 3.74. The molecule has 2 aliphatic rings. The van der Waals surface area contributed by atoms with E-state index in [2.05, 4.69) is 38.2 Å². The second-order valence-corrected chi connectivity index (χ2v) is 4.17. The molecule has 0 nitrogen and oxygen atoms in total. The number of hydrogen-bond acceptors (Lipinski definition) is 0. The third-order valence-electron chi connectivity index (χ3n) is 2.94. The van der Waals surface area contributed by atoms with E-state index in [0.717, 1.165) is 0 Å². The quantitative estimate of drug-likeness (QED) is 0.471. The lowest BCUT2D eigenvalue weighted by molar-refractivity contribution is 0.547. The molecule has 1 heteroatoms. The van der Waals surface area contributed by atoms with Gasteiger partial charge in [0.2, 0.25) is 0 Å². The van der Waals surface area contributed by atoms with Gasteiger partial charge in [-0.3, -0.25) is 0 Å². The SMILES string of the molecule is CC1(C)C(Cl)C12C=CC=C2. The van der Waals surface area contributed by atoms with E-state index in [9.17, 15) is 0 Å². The van der Waals surface area contributed by atoms with Gasteiger partial charge in [-0.2, -0.15) is 0 Å². The molecule has 2 aliphatic carbocycles. The standard InChI is InChI=1S/C9H11Cl/c1-8(2)7(10)9(8)5-3-4-6-9/h3-7H,1-2H3. The average molecular weight is 155 g/mol. The highest BCUT2D eigenvalue weighted by Crippen LogP contribution is 2.69. The summed E-state index contributed by atoms with van der Waals surface area (Å²) < 4.78 is 0. The zero-order valence-corrected chi connectivity index (χ0v) is 7.02. The van der Waals surface area contributed by atoms with E-state index in [1.165, 1.54) is 0 Å². The molecule has 0 amide bonds. The van der Waals surface area contributed by atoms with Crippen LogP contribution in [-0.4, -0.2) is 5.38 Å². The summed E-state index contributed by atoms with van der Waals surface area (Å²) >= 11 is 6.14. The number of alkyl halides is 1. The van der Waals surface area contributed by atoms with Crippen LogP contribution in [0.5, 0.6) is 0 Å². The van der Waals surface area contributed by atoms with Crippen molar-refractivity contribution in [1.29, 1.82) is 0 Å². The predicted molar refractivity (Wildman–Crippen MR) is 44.1 cm³/mol. The summed E-state index contributed by atoms with van der Waals surface area (Å²) in [6, 6.07) is 0. The van der Waals surface area contributed by atoms with Crippen LogP contribution >= 0.6 is 11.6 Å². The van der Waals surface area contributed by atoms with Crippen LogP contribution in [-0.2, 0) is 0 Å². The first-order valence-electron chi connectivity index (χ1n) is 3.62. The first-order valence-corrected chi connectivity index (χ1v) is 4.06. The Hall–Kier alpha value is -0.230. The molecule has 0 bridgehead atoms. The minimum absolute atomic E-state index is 0.203. The maximum Gasteiger partial charge on any atom is 0.0530 e. The van der Waals surface area contributed by atoms with Crippen molar-refractivity contribution in [1.82, 2.24) is 0 Å². The molecule has 0 N–H and O–H groups in total.